The third-order valence-electron chi connectivity index (χ3n) is 2.92. The van der Waals surface area contributed by atoms with Crippen molar-refractivity contribution in [2.75, 3.05) is 7.11 Å². The molecule has 1 aromatic carbocycles. The molecule has 96 valence electrons. The van der Waals surface area contributed by atoms with Crippen LogP contribution in [-0.2, 0) is 12.8 Å². The molecule has 0 fully saturated rings. The minimum absolute atomic E-state index is 0.118. The first kappa shape index (κ1) is 12.7. The second-order valence-electron chi connectivity index (χ2n) is 4.16. The summed E-state index contributed by atoms with van der Waals surface area (Å²) in [7, 11) is 1.68. The molecule has 3 N–H and O–H groups in total. The van der Waals surface area contributed by atoms with Crippen molar-refractivity contribution in [3.8, 4) is 5.75 Å². The highest BCUT2D eigenvalue weighted by molar-refractivity contribution is 5.34. The van der Waals surface area contributed by atoms with Gasteiger partial charge in [0.25, 0.3) is 0 Å². The molecule has 0 saturated carbocycles. The first-order chi connectivity index (χ1) is 8.83. The average molecular weight is 246 g/mol. The quantitative estimate of drug-likeness (QED) is 0.603. The Balaban J connectivity index is 2.05. The van der Waals surface area contributed by atoms with E-state index in [-0.39, 0.29) is 6.04 Å². The topological polar surface area (TPSA) is 60.4 Å². The van der Waals surface area contributed by atoms with Crippen LogP contribution in [0, 0.1) is 0 Å². The van der Waals surface area contributed by atoms with E-state index in [1.54, 1.807) is 13.4 Å². The summed E-state index contributed by atoms with van der Waals surface area (Å²) in [5.74, 6) is 7.41. The number of furan rings is 1. The standard InChI is InChI=1S/C14H18N2O2/c1-17-14-7-3-2-5-11(14)9-12(16-15)10-13-6-4-8-18-13/h2-8,12,16H,9-10,15H2,1H3. The summed E-state index contributed by atoms with van der Waals surface area (Å²) < 4.78 is 10.7. The zero-order valence-electron chi connectivity index (χ0n) is 10.4. The van der Waals surface area contributed by atoms with Crippen LogP contribution in [0.15, 0.2) is 47.1 Å². The zero-order chi connectivity index (χ0) is 12.8. The number of hydrogen-bond acceptors (Lipinski definition) is 4. The van der Waals surface area contributed by atoms with Crippen LogP contribution in [0.5, 0.6) is 5.75 Å². The molecular formula is C14H18N2O2. The minimum atomic E-state index is 0.118. The highest BCUT2D eigenvalue weighted by Crippen LogP contribution is 2.19. The molecule has 0 spiro atoms. The number of rotatable bonds is 6. The number of methoxy groups -OCH3 is 1. The van der Waals surface area contributed by atoms with Crippen molar-refractivity contribution in [3.63, 3.8) is 0 Å². The summed E-state index contributed by atoms with van der Waals surface area (Å²) in [6, 6.07) is 11.9. The Kier molecular flexibility index (Phi) is 4.39. The Morgan fingerprint density at radius 1 is 1.22 bits per heavy atom. The monoisotopic (exact) mass is 246 g/mol. The molecule has 0 aliphatic heterocycles. The normalized spacial score (nSPS) is 12.3. The molecule has 1 aromatic heterocycles. The fourth-order valence-electron chi connectivity index (χ4n) is 2.00. The van der Waals surface area contributed by atoms with Crippen LogP contribution >= 0.6 is 0 Å². The van der Waals surface area contributed by atoms with Crippen LogP contribution in [-0.4, -0.2) is 13.2 Å². The average Bonchev–Trinajstić information content (AvgIpc) is 2.91. The van der Waals surface area contributed by atoms with Gasteiger partial charge in [-0.05, 0) is 30.2 Å². The van der Waals surface area contributed by atoms with Gasteiger partial charge in [0.1, 0.15) is 11.5 Å². The van der Waals surface area contributed by atoms with Crippen molar-refractivity contribution < 1.29 is 9.15 Å². The Morgan fingerprint density at radius 3 is 2.72 bits per heavy atom. The number of para-hydroxylation sites is 1. The fourth-order valence-corrected chi connectivity index (χ4v) is 2.00. The summed E-state index contributed by atoms with van der Waals surface area (Å²) in [4.78, 5) is 0. The van der Waals surface area contributed by atoms with Crippen molar-refractivity contribution in [2.45, 2.75) is 18.9 Å². The molecule has 1 atom stereocenters. The van der Waals surface area contributed by atoms with E-state index in [0.29, 0.717) is 0 Å². The molecule has 0 aliphatic rings. The molecule has 2 aromatic rings. The van der Waals surface area contributed by atoms with Crippen LogP contribution in [0.25, 0.3) is 0 Å². The van der Waals surface area contributed by atoms with Gasteiger partial charge in [-0.2, -0.15) is 0 Å². The first-order valence-corrected chi connectivity index (χ1v) is 5.94. The Morgan fingerprint density at radius 2 is 2.06 bits per heavy atom. The molecule has 0 bridgehead atoms. The second kappa shape index (κ2) is 6.23. The number of benzene rings is 1. The van der Waals surface area contributed by atoms with E-state index in [9.17, 15) is 0 Å². The van der Waals surface area contributed by atoms with Crippen LogP contribution in [0.1, 0.15) is 11.3 Å². The maximum absolute atomic E-state index is 5.60. The van der Waals surface area contributed by atoms with E-state index in [1.807, 2.05) is 36.4 Å². The lowest BCUT2D eigenvalue weighted by Crippen LogP contribution is -2.38. The molecular weight excluding hydrogens is 228 g/mol. The number of nitrogens with two attached hydrogens (primary N) is 1. The van der Waals surface area contributed by atoms with Gasteiger partial charge in [-0.25, -0.2) is 0 Å². The molecule has 4 heteroatoms. The van der Waals surface area contributed by atoms with Gasteiger partial charge < -0.3 is 9.15 Å². The maximum Gasteiger partial charge on any atom is 0.122 e. The highest BCUT2D eigenvalue weighted by atomic mass is 16.5. The molecule has 0 aliphatic carbocycles. The zero-order valence-corrected chi connectivity index (χ0v) is 10.4. The lowest BCUT2D eigenvalue weighted by atomic mass is 10.0. The number of hydrazine groups is 1. The summed E-state index contributed by atoms with van der Waals surface area (Å²) >= 11 is 0. The van der Waals surface area contributed by atoms with E-state index >= 15 is 0 Å². The van der Waals surface area contributed by atoms with Crippen molar-refractivity contribution in [3.05, 3.63) is 54.0 Å². The Labute approximate surface area is 107 Å². The van der Waals surface area contributed by atoms with Gasteiger partial charge in [0.15, 0.2) is 0 Å². The predicted molar refractivity (Wildman–Crippen MR) is 70.2 cm³/mol. The minimum Gasteiger partial charge on any atom is -0.496 e. The first-order valence-electron chi connectivity index (χ1n) is 5.94. The molecule has 2 rings (SSSR count). The molecule has 0 saturated heterocycles. The Bertz CT molecular complexity index is 468. The summed E-state index contributed by atoms with van der Waals surface area (Å²) in [6.45, 7) is 0. The van der Waals surface area contributed by atoms with Crippen molar-refractivity contribution in [1.29, 1.82) is 0 Å². The number of nitrogens with one attached hydrogen (secondary N) is 1. The Hall–Kier alpha value is -1.78. The van der Waals surface area contributed by atoms with Crippen molar-refractivity contribution in [1.82, 2.24) is 5.43 Å². The number of hydrogen-bond donors (Lipinski definition) is 2. The summed E-state index contributed by atoms with van der Waals surface area (Å²) in [6.07, 6.45) is 3.22. The lowest BCUT2D eigenvalue weighted by Gasteiger charge is -2.16. The number of ether oxygens (including phenoxy) is 1. The van der Waals surface area contributed by atoms with Gasteiger partial charge in [-0.15, -0.1) is 0 Å². The van der Waals surface area contributed by atoms with Crippen LogP contribution in [0.2, 0.25) is 0 Å². The molecule has 18 heavy (non-hydrogen) atoms. The molecule has 0 amide bonds. The molecule has 0 radical (unpaired) electrons. The van der Waals surface area contributed by atoms with Gasteiger partial charge in [-0.1, -0.05) is 18.2 Å². The third kappa shape index (κ3) is 3.12. The van der Waals surface area contributed by atoms with Gasteiger partial charge in [0.2, 0.25) is 0 Å². The van der Waals surface area contributed by atoms with Crippen molar-refractivity contribution >= 4 is 0 Å². The van der Waals surface area contributed by atoms with E-state index < -0.39 is 0 Å². The van der Waals surface area contributed by atoms with Gasteiger partial charge in [0, 0.05) is 12.5 Å². The van der Waals surface area contributed by atoms with E-state index in [0.717, 1.165) is 29.9 Å². The molecule has 4 nitrogen and oxygen atoms in total. The smallest absolute Gasteiger partial charge is 0.122 e. The largest absolute Gasteiger partial charge is 0.496 e. The SMILES string of the molecule is COc1ccccc1CC(Cc1ccco1)NN. The van der Waals surface area contributed by atoms with Crippen LogP contribution < -0.4 is 16.0 Å². The van der Waals surface area contributed by atoms with Crippen LogP contribution in [0.4, 0.5) is 0 Å². The van der Waals surface area contributed by atoms with E-state index in [4.69, 9.17) is 15.0 Å². The highest BCUT2D eigenvalue weighted by Gasteiger charge is 2.13. The summed E-state index contributed by atoms with van der Waals surface area (Å²) in [5, 5.41) is 0. The maximum atomic E-state index is 5.60. The van der Waals surface area contributed by atoms with Gasteiger partial charge in [0.05, 0.1) is 13.4 Å². The summed E-state index contributed by atoms with van der Waals surface area (Å²) in [5.41, 5.74) is 3.96. The molecule has 1 heterocycles. The third-order valence-corrected chi connectivity index (χ3v) is 2.92. The van der Waals surface area contributed by atoms with Crippen LogP contribution in [0.3, 0.4) is 0 Å². The fraction of sp³-hybridized carbons (Fsp3) is 0.286. The second-order valence-corrected chi connectivity index (χ2v) is 4.16. The molecule has 1 unspecified atom stereocenters. The van der Waals surface area contributed by atoms with Gasteiger partial charge >= 0.3 is 0 Å². The lowest BCUT2D eigenvalue weighted by molar-refractivity contribution is 0.400. The predicted octanol–water partition coefficient (Wildman–Crippen LogP) is 1.91. The van der Waals surface area contributed by atoms with Crippen molar-refractivity contribution in [2.24, 2.45) is 5.84 Å². The van der Waals surface area contributed by atoms with E-state index in [1.165, 1.54) is 0 Å². The van der Waals surface area contributed by atoms with E-state index in [2.05, 4.69) is 5.43 Å². The van der Waals surface area contributed by atoms with Gasteiger partial charge in [-0.3, -0.25) is 11.3 Å².